The summed E-state index contributed by atoms with van der Waals surface area (Å²) in [4.78, 5) is 2.46. The zero-order valence-corrected chi connectivity index (χ0v) is 13.9. The number of halogens is 1. The molecule has 4 nitrogen and oxygen atoms in total. The third-order valence-corrected chi connectivity index (χ3v) is 3.95. The van der Waals surface area contributed by atoms with E-state index < -0.39 is 0 Å². The van der Waals surface area contributed by atoms with Crippen LogP contribution in [0.3, 0.4) is 0 Å². The van der Waals surface area contributed by atoms with Crippen molar-refractivity contribution in [3.05, 3.63) is 22.7 Å². The van der Waals surface area contributed by atoms with Crippen LogP contribution in [0.25, 0.3) is 0 Å². The number of rotatable bonds is 6. The first kappa shape index (κ1) is 16.4. The summed E-state index contributed by atoms with van der Waals surface area (Å²) in [6.45, 7) is 9.34. The SMILES string of the molecule is COc1cc(CCN2CCNCC2)c(Cl)cc1OC(C)C. The van der Waals surface area contributed by atoms with Crippen LogP contribution >= 0.6 is 11.6 Å². The Hall–Kier alpha value is -0.970. The lowest BCUT2D eigenvalue weighted by atomic mass is 10.1. The molecule has 0 unspecified atom stereocenters. The zero-order valence-electron chi connectivity index (χ0n) is 13.1. The molecule has 1 fully saturated rings. The lowest BCUT2D eigenvalue weighted by Gasteiger charge is -2.27. The lowest BCUT2D eigenvalue weighted by Crippen LogP contribution is -2.44. The van der Waals surface area contributed by atoms with Crippen LogP contribution in [0, 0.1) is 0 Å². The van der Waals surface area contributed by atoms with E-state index in [1.807, 2.05) is 26.0 Å². The maximum absolute atomic E-state index is 6.39. The van der Waals surface area contributed by atoms with E-state index in [1.165, 1.54) is 0 Å². The molecule has 0 spiro atoms. The van der Waals surface area contributed by atoms with Gasteiger partial charge in [-0.2, -0.15) is 0 Å². The number of hydrogen-bond acceptors (Lipinski definition) is 4. The predicted molar refractivity (Wildman–Crippen MR) is 86.8 cm³/mol. The molecule has 118 valence electrons. The van der Waals surface area contributed by atoms with Gasteiger partial charge in [-0.1, -0.05) is 11.6 Å². The molecule has 0 aromatic heterocycles. The first-order chi connectivity index (χ1) is 10.1. The van der Waals surface area contributed by atoms with Crippen molar-refractivity contribution >= 4 is 11.6 Å². The molecule has 5 heteroatoms. The van der Waals surface area contributed by atoms with Crippen molar-refractivity contribution < 1.29 is 9.47 Å². The summed E-state index contributed by atoms with van der Waals surface area (Å²) in [7, 11) is 1.66. The minimum atomic E-state index is 0.0988. The van der Waals surface area contributed by atoms with Crippen LogP contribution in [0.15, 0.2) is 12.1 Å². The van der Waals surface area contributed by atoms with E-state index in [-0.39, 0.29) is 6.10 Å². The Morgan fingerprint density at radius 3 is 2.57 bits per heavy atom. The van der Waals surface area contributed by atoms with Crippen LogP contribution in [0.5, 0.6) is 11.5 Å². The highest BCUT2D eigenvalue weighted by Gasteiger charge is 2.14. The Labute approximate surface area is 132 Å². The van der Waals surface area contributed by atoms with Crippen LogP contribution in [0.4, 0.5) is 0 Å². The molecule has 0 saturated carbocycles. The highest BCUT2D eigenvalue weighted by atomic mass is 35.5. The molecule has 1 N–H and O–H groups in total. The number of nitrogens with one attached hydrogen (secondary N) is 1. The van der Waals surface area contributed by atoms with E-state index in [0.717, 1.165) is 55.5 Å². The van der Waals surface area contributed by atoms with Crippen LogP contribution in [0.2, 0.25) is 5.02 Å². The van der Waals surface area contributed by atoms with E-state index in [1.54, 1.807) is 7.11 Å². The fourth-order valence-corrected chi connectivity index (χ4v) is 2.74. The van der Waals surface area contributed by atoms with E-state index in [9.17, 15) is 0 Å². The summed E-state index contributed by atoms with van der Waals surface area (Å²) >= 11 is 6.39. The molecule has 1 heterocycles. The van der Waals surface area contributed by atoms with Crippen molar-refractivity contribution in [2.45, 2.75) is 26.4 Å². The number of benzene rings is 1. The Kier molecular flexibility index (Phi) is 6.15. The second kappa shape index (κ2) is 7.87. The molecule has 2 rings (SSSR count). The fourth-order valence-electron chi connectivity index (χ4n) is 2.49. The molecule has 21 heavy (non-hydrogen) atoms. The van der Waals surface area contributed by atoms with Crippen LogP contribution < -0.4 is 14.8 Å². The number of piperazine rings is 1. The summed E-state index contributed by atoms with van der Waals surface area (Å²) in [6, 6.07) is 3.87. The van der Waals surface area contributed by atoms with E-state index in [2.05, 4.69) is 10.2 Å². The van der Waals surface area contributed by atoms with Gasteiger partial charge in [0.25, 0.3) is 0 Å². The highest BCUT2D eigenvalue weighted by molar-refractivity contribution is 6.31. The molecule has 1 saturated heterocycles. The molecule has 0 bridgehead atoms. The van der Waals surface area contributed by atoms with Crippen molar-refractivity contribution in [2.24, 2.45) is 0 Å². The molecule has 1 aromatic rings. The van der Waals surface area contributed by atoms with Crippen molar-refractivity contribution in [3.8, 4) is 11.5 Å². The Morgan fingerprint density at radius 2 is 1.95 bits per heavy atom. The predicted octanol–water partition coefficient (Wildman–Crippen LogP) is 2.58. The minimum Gasteiger partial charge on any atom is -0.493 e. The highest BCUT2D eigenvalue weighted by Crippen LogP contribution is 2.34. The average molecular weight is 313 g/mol. The minimum absolute atomic E-state index is 0.0988. The molecule has 0 aliphatic carbocycles. The van der Waals surface area contributed by atoms with E-state index >= 15 is 0 Å². The molecule has 0 radical (unpaired) electrons. The van der Waals surface area contributed by atoms with Gasteiger partial charge in [0.2, 0.25) is 0 Å². The molecule has 1 aliphatic heterocycles. The number of nitrogens with zero attached hydrogens (tertiary/aromatic N) is 1. The van der Waals surface area contributed by atoms with Crippen molar-refractivity contribution in [2.75, 3.05) is 39.8 Å². The molecular weight excluding hydrogens is 288 g/mol. The van der Waals surface area contributed by atoms with Crippen LogP contribution in [0.1, 0.15) is 19.4 Å². The van der Waals surface area contributed by atoms with E-state index in [0.29, 0.717) is 5.75 Å². The topological polar surface area (TPSA) is 33.7 Å². The number of hydrogen-bond donors (Lipinski definition) is 1. The van der Waals surface area contributed by atoms with Crippen molar-refractivity contribution in [1.82, 2.24) is 10.2 Å². The Morgan fingerprint density at radius 1 is 1.24 bits per heavy atom. The summed E-state index contributed by atoms with van der Waals surface area (Å²) in [5.74, 6) is 1.46. The van der Waals surface area contributed by atoms with Crippen molar-refractivity contribution in [3.63, 3.8) is 0 Å². The number of ether oxygens (including phenoxy) is 2. The van der Waals surface area contributed by atoms with Gasteiger partial charge in [0.15, 0.2) is 11.5 Å². The monoisotopic (exact) mass is 312 g/mol. The van der Waals surface area contributed by atoms with Gasteiger partial charge in [-0.3, -0.25) is 0 Å². The second-order valence-electron chi connectivity index (χ2n) is 5.60. The molecule has 1 aliphatic rings. The molecule has 0 atom stereocenters. The quantitative estimate of drug-likeness (QED) is 0.875. The maximum Gasteiger partial charge on any atom is 0.163 e. The Balaban J connectivity index is 2.04. The van der Waals surface area contributed by atoms with Crippen LogP contribution in [-0.4, -0.2) is 50.8 Å². The van der Waals surface area contributed by atoms with Gasteiger partial charge in [-0.15, -0.1) is 0 Å². The molecular formula is C16H25ClN2O2. The van der Waals surface area contributed by atoms with Crippen molar-refractivity contribution in [1.29, 1.82) is 0 Å². The standard InChI is InChI=1S/C16H25ClN2O2/c1-12(2)21-16-11-14(17)13(10-15(16)20-3)4-7-19-8-5-18-6-9-19/h10-12,18H,4-9H2,1-3H3. The lowest BCUT2D eigenvalue weighted by molar-refractivity contribution is 0.229. The zero-order chi connectivity index (χ0) is 15.2. The third kappa shape index (κ3) is 4.77. The van der Waals surface area contributed by atoms with Gasteiger partial charge in [0.05, 0.1) is 13.2 Å². The summed E-state index contributed by atoms with van der Waals surface area (Å²) in [5, 5.41) is 4.12. The first-order valence-electron chi connectivity index (χ1n) is 7.56. The van der Waals surface area contributed by atoms with Gasteiger partial charge in [0.1, 0.15) is 0 Å². The molecule has 0 amide bonds. The Bertz CT molecular complexity index is 460. The average Bonchev–Trinajstić information content (AvgIpc) is 2.47. The summed E-state index contributed by atoms with van der Waals surface area (Å²) in [5.41, 5.74) is 1.11. The van der Waals surface area contributed by atoms with Gasteiger partial charge in [-0.05, 0) is 31.9 Å². The smallest absolute Gasteiger partial charge is 0.163 e. The van der Waals surface area contributed by atoms with Crippen LogP contribution in [-0.2, 0) is 6.42 Å². The largest absolute Gasteiger partial charge is 0.493 e. The van der Waals surface area contributed by atoms with Gasteiger partial charge in [-0.25, -0.2) is 0 Å². The number of methoxy groups -OCH3 is 1. The normalized spacial score (nSPS) is 16.2. The van der Waals surface area contributed by atoms with E-state index in [4.69, 9.17) is 21.1 Å². The first-order valence-corrected chi connectivity index (χ1v) is 7.94. The maximum atomic E-state index is 6.39. The van der Waals surface area contributed by atoms with Gasteiger partial charge in [0, 0.05) is 43.8 Å². The summed E-state index contributed by atoms with van der Waals surface area (Å²) < 4.78 is 11.2. The third-order valence-electron chi connectivity index (χ3n) is 3.60. The molecule has 1 aromatic carbocycles. The van der Waals surface area contributed by atoms with Gasteiger partial charge >= 0.3 is 0 Å². The fraction of sp³-hybridized carbons (Fsp3) is 0.625. The van der Waals surface area contributed by atoms with Gasteiger partial charge < -0.3 is 19.7 Å². The summed E-state index contributed by atoms with van der Waals surface area (Å²) in [6.07, 6.45) is 1.03. The second-order valence-corrected chi connectivity index (χ2v) is 6.01.